The Kier molecular flexibility index (Phi) is 6.62. The van der Waals surface area contributed by atoms with Crippen LogP contribution in [0.4, 0.5) is 5.82 Å². The molecular formula is C27H29N5O5S. The summed E-state index contributed by atoms with van der Waals surface area (Å²) in [6.45, 7) is 3.67. The lowest BCUT2D eigenvalue weighted by atomic mass is 10.1. The molecule has 1 amide bonds. The Balaban J connectivity index is 1.06. The summed E-state index contributed by atoms with van der Waals surface area (Å²) >= 11 is 0. The molecule has 10 nitrogen and oxygen atoms in total. The molecule has 2 fully saturated rings. The number of benzene rings is 2. The molecule has 198 valence electrons. The van der Waals surface area contributed by atoms with Gasteiger partial charge in [0.25, 0.3) is 5.91 Å². The van der Waals surface area contributed by atoms with E-state index < -0.39 is 10.0 Å². The van der Waals surface area contributed by atoms with Gasteiger partial charge in [0, 0.05) is 50.4 Å². The van der Waals surface area contributed by atoms with Gasteiger partial charge in [-0.2, -0.15) is 4.31 Å². The molecule has 0 saturated carbocycles. The number of hydrogen-bond acceptors (Lipinski definition) is 8. The van der Waals surface area contributed by atoms with Gasteiger partial charge in [-0.25, -0.2) is 8.42 Å². The first-order chi connectivity index (χ1) is 18.5. The van der Waals surface area contributed by atoms with Gasteiger partial charge in [0.05, 0.1) is 10.6 Å². The van der Waals surface area contributed by atoms with Gasteiger partial charge < -0.3 is 19.3 Å². The molecule has 0 spiro atoms. The van der Waals surface area contributed by atoms with Crippen LogP contribution in [0, 0.1) is 0 Å². The third kappa shape index (κ3) is 4.79. The summed E-state index contributed by atoms with van der Waals surface area (Å²) in [6, 6.07) is 15.9. The Hall–Kier alpha value is -3.70. The fraction of sp³-hybridized carbons (Fsp3) is 0.370. The minimum atomic E-state index is -3.51. The maximum Gasteiger partial charge on any atom is 0.253 e. The molecule has 6 rings (SSSR count). The monoisotopic (exact) mass is 535 g/mol. The van der Waals surface area contributed by atoms with Crippen LogP contribution < -0.4 is 14.4 Å². The zero-order chi connectivity index (χ0) is 26.1. The third-order valence-electron chi connectivity index (χ3n) is 7.26. The van der Waals surface area contributed by atoms with Crippen molar-refractivity contribution in [1.29, 1.82) is 0 Å². The summed E-state index contributed by atoms with van der Waals surface area (Å²) in [6.07, 6.45) is 2.83. The van der Waals surface area contributed by atoms with E-state index in [1.54, 1.807) is 29.2 Å². The number of amides is 1. The van der Waals surface area contributed by atoms with Crippen LogP contribution in [0.2, 0.25) is 0 Å². The molecule has 3 aliphatic heterocycles. The summed E-state index contributed by atoms with van der Waals surface area (Å²) in [5.41, 5.74) is 2.13. The summed E-state index contributed by atoms with van der Waals surface area (Å²) in [5.74, 6) is 2.08. The normalized spacial score (nSPS) is 18.0. The number of ether oxygens (including phenoxy) is 2. The van der Waals surface area contributed by atoms with E-state index in [1.165, 1.54) is 4.31 Å². The number of piperidine rings is 1. The SMILES string of the molecule is O=C(c1ccc(S(=O)(=O)N2CCCCC2)cc1)N1CCN(c2ccc(-c3ccc4c(c3)OCO4)nn2)CC1. The van der Waals surface area contributed by atoms with Crippen LogP contribution >= 0.6 is 0 Å². The molecular weight excluding hydrogens is 506 g/mol. The van der Waals surface area contributed by atoms with Crippen LogP contribution in [-0.4, -0.2) is 79.8 Å². The average molecular weight is 536 g/mol. The summed E-state index contributed by atoms with van der Waals surface area (Å²) in [7, 11) is -3.51. The molecule has 0 bridgehead atoms. The second kappa shape index (κ2) is 10.2. The smallest absolute Gasteiger partial charge is 0.253 e. The van der Waals surface area contributed by atoms with Crippen LogP contribution in [-0.2, 0) is 10.0 Å². The van der Waals surface area contributed by atoms with Gasteiger partial charge in [0.15, 0.2) is 17.3 Å². The van der Waals surface area contributed by atoms with Crippen molar-refractivity contribution in [3.63, 3.8) is 0 Å². The molecule has 3 aromatic rings. The lowest BCUT2D eigenvalue weighted by Gasteiger charge is -2.35. The molecule has 0 atom stereocenters. The number of nitrogens with zero attached hydrogens (tertiary/aromatic N) is 5. The largest absolute Gasteiger partial charge is 0.454 e. The highest BCUT2D eigenvalue weighted by atomic mass is 32.2. The van der Waals surface area contributed by atoms with Crippen LogP contribution in [0.15, 0.2) is 59.5 Å². The highest BCUT2D eigenvalue weighted by molar-refractivity contribution is 7.89. The zero-order valence-corrected chi connectivity index (χ0v) is 21.8. The number of hydrogen-bond donors (Lipinski definition) is 0. The van der Waals surface area contributed by atoms with Gasteiger partial charge in [0.1, 0.15) is 0 Å². The van der Waals surface area contributed by atoms with E-state index in [1.807, 2.05) is 30.3 Å². The van der Waals surface area contributed by atoms with Crippen LogP contribution in [0.25, 0.3) is 11.3 Å². The van der Waals surface area contributed by atoms with Crippen molar-refractivity contribution in [2.45, 2.75) is 24.2 Å². The van der Waals surface area contributed by atoms with Crippen molar-refractivity contribution in [2.75, 3.05) is 51.0 Å². The van der Waals surface area contributed by atoms with Crippen LogP contribution in [0.3, 0.4) is 0 Å². The minimum absolute atomic E-state index is 0.101. The van der Waals surface area contributed by atoms with E-state index in [-0.39, 0.29) is 17.6 Å². The highest BCUT2D eigenvalue weighted by Gasteiger charge is 2.27. The van der Waals surface area contributed by atoms with Gasteiger partial charge >= 0.3 is 0 Å². The first-order valence-corrected chi connectivity index (χ1v) is 14.3. The Morgan fingerprint density at radius 3 is 2.21 bits per heavy atom. The van der Waals surface area contributed by atoms with E-state index in [4.69, 9.17) is 9.47 Å². The van der Waals surface area contributed by atoms with E-state index >= 15 is 0 Å². The third-order valence-corrected chi connectivity index (χ3v) is 9.18. The van der Waals surface area contributed by atoms with Crippen LogP contribution in [0.5, 0.6) is 11.5 Å². The fourth-order valence-corrected chi connectivity index (χ4v) is 6.57. The predicted octanol–water partition coefficient (Wildman–Crippen LogP) is 3.01. The van der Waals surface area contributed by atoms with Gasteiger partial charge in [-0.1, -0.05) is 6.42 Å². The number of fused-ring (bicyclic) bond motifs is 1. The van der Waals surface area contributed by atoms with E-state index in [2.05, 4.69) is 15.1 Å². The highest BCUT2D eigenvalue weighted by Crippen LogP contribution is 2.35. The van der Waals surface area contributed by atoms with Crippen LogP contribution in [0.1, 0.15) is 29.6 Å². The fourth-order valence-electron chi connectivity index (χ4n) is 5.05. The molecule has 11 heteroatoms. The van der Waals surface area contributed by atoms with Gasteiger partial charge in [-0.3, -0.25) is 4.79 Å². The standard InChI is InChI=1S/C27H29N5O5S/c33-27(20-4-7-22(8-5-20)38(34,35)32-12-2-1-3-13-32)31-16-14-30(15-17-31)26-11-9-23(28-29-26)21-6-10-24-25(18-21)37-19-36-24/h4-11,18H,1-3,12-17,19H2. The Bertz CT molecular complexity index is 1420. The van der Waals surface area contributed by atoms with Crippen molar-refractivity contribution < 1.29 is 22.7 Å². The number of carbonyl (C=O) groups is 1. The first-order valence-electron chi connectivity index (χ1n) is 12.9. The summed E-state index contributed by atoms with van der Waals surface area (Å²) in [5, 5.41) is 8.80. The lowest BCUT2D eigenvalue weighted by Crippen LogP contribution is -2.49. The maximum atomic E-state index is 13.1. The van der Waals surface area contributed by atoms with E-state index in [0.29, 0.717) is 50.6 Å². The van der Waals surface area contributed by atoms with Gasteiger partial charge in [0.2, 0.25) is 16.8 Å². The number of piperazine rings is 1. The lowest BCUT2D eigenvalue weighted by molar-refractivity contribution is 0.0746. The molecule has 3 aliphatic rings. The van der Waals surface area contributed by atoms with E-state index in [9.17, 15) is 13.2 Å². The van der Waals surface area contributed by atoms with Crippen molar-refractivity contribution >= 4 is 21.7 Å². The maximum absolute atomic E-state index is 13.1. The van der Waals surface area contributed by atoms with Gasteiger partial charge in [-0.15, -0.1) is 10.2 Å². The second-order valence-electron chi connectivity index (χ2n) is 9.61. The van der Waals surface area contributed by atoms with E-state index in [0.717, 1.165) is 42.1 Å². The quantitative estimate of drug-likeness (QED) is 0.491. The molecule has 2 saturated heterocycles. The van der Waals surface area contributed by atoms with Crippen molar-refractivity contribution in [3.05, 3.63) is 60.2 Å². The Morgan fingerprint density at radius 1 is 0.763 bits per heavy atom. The molecule has 0 aliphatic carbocycles. The Morgan fingerprint density at radius 2 is 1.50 bits per heavy atom. The molecule has 2 aromatic carbocycles. The van der Waals surface area contributed by atoms with Crippen molar-refractivity contribution in [1.82, 2.24) is 19.4 Å². The number of rotatable bonds is 5. The predicted molar refractivity (Wildman–Crippen MR) is 141 cm³/mol. The number of carbonyl (C=O) groups excluding carboxylic acids is 1. The number of anilines is 1. The minimum Gasteiger partial charge on any atom is -0.454 e. The Labute approximate surface area is 221 Å². The molecule has 4 heterocycles. The first kappa shape index (κ1) is 24.6. The topological polar surface area (TPSA) is 105 Å². The number of sulfonamides is 1. The zero-order valence-electron chi connectivity index (χ0n) is 21.0. The summed E-state index contributed by atoms with van der Waals surface area (Å²) < 4.78 is 38.1. The molecule has 0 radical (unpaired) electrons. The number of aromatic nitrogens is 2. The molecule has 38 heavy (non-hydrogen) atoms. The molecule has 1 aromatic heterocycles. The van der Waals surface area contributed by atoms with Crippen molar-refractivity contribution in [2.24, 2.45) is 0 Å². The molecule has 0 unspecified atom stereocenters. The van der Waals surface area contributed by atoms with Gasteiger partial charge in [-0.05, 0) is 67.4 Å². The average Bonchev–Trinajstić information content (AvgIpc) is 3.46. The second-order valence-corrected chi connectivity index (χ2v) is 11.6. The molecule has 0 N–H and O–H groups in total. The summed E-state index contributed by atoms with van der Waals surface area (Å²) in [4.78, 5) is 17.2. The van der Waals surface area contributed by atoms with Crippen molar-refractivity contribution in [3.8, 4) is 22.8 Å².